The number of nitrogens with one attached hydrogen (secondary N) is 2. The Hall–Kier alpha value is -2.66. The molecular weight excluding hydrogens is 541 g/mol. The van der Waals surface area contributed by atoms with Crippen LogP contribution in [0.1, 0.15) is 82.7 Å². The first-order chi connectivity index (χ1) is 19.0. The number of nitrogens with zero attached hydrogens (tertiary/aromatic N) is 2. The molecule has 2 unspecified atom stereocenters. The van der Waals surface area contributed by atoms with Crippen molar-refractivity contribution in [2.75, 3.05) is 31.4 Å². The van der Waals surface area contributed by atoms with E-state index in [9.17, 15) is 22.2 Å². The van der Waals surface area contributed by atoms with Gasteiger partial charge in [0.1, 0.15) is 17.3 Å². The first-order valence-electron chi connectivity index (χ1n) is 13.8. The second kappa shape index (κ2) is 17.2. The third kappa shape index (κ3) is 10.4. The number of benzene rings is 1. The average Bonchev–Trinajstić information content (AvgIpc) is 2.96. The number of hydrogen-bond donors (Lipinski definition) is 2. The molecular formula is C29H45F3N4O3S. The standard InChI is InChI=1S/C25H33F3N4O3S.2C2H6/c1-16-9-11-32(12-10-16)23-20(7-8-22(31-23)25(26,27)28)14-29-24(33)17(2)18-5-6-19(15-30-36(4)34)21(13-18)35-3;2*1-2/h5-8,13,16-17,30H,9-12,14-15H2,1-4H3,(H,29,33);2*1-2H3. The minimum Gasteiger partial charge on any atom is -0.496 e. The topological polar surface area (TPSA) is 83.6 Å². The van der Waals surface area contributed by atoms with Crippen LogP contribution in [0, 0.1) is 5.92 Å². The number of aromatic nitrogens is 1. The summed E-state index contributed by atoms with van der Waals surface area (Å²) in [5.41, 5.74) is 1.14. The highest BCUT2D eigenvalue weighted by Gasteiger charge is 2.34. The highest BCUT2D eigenvalue weighted by Crippen LogP contribution is 2.32. The average molecular weight is 587 g/mol. The Kier molecular flexibility index (Phi) is 15.2. The molecule has 0 aliphatic carbocycles. The quantitative estimate of drug-likeness (QED) is 0.366. The first-order valence-corrected chi connectivity index (χ1v) is 15.4. The number of carbonyl (C=O) groups excluding carboxylic acids is 1. The molecule has 40 heavy (non-hydrogen) atoms. The molecule has 1 aliphatic heterocycles. The molecule has 1 saturated heterocycles. The summed E-state index contributed by atoms with van der Waals surface area (Å²) >= 11 is 0. The van der Waals surface area contributed by atoms with Gasteiger partial charge in [0.25, 0.3) is 0 Å². The smallest absolute Gasteiger partial charge is 0.433 e. The second-order valence-corrected chi connectivity index (χ2v) is 10.3. The van der Waals surface area contributed by atoms with Gasteiger partial charge in [-0.25, -0.2) is 13.9 Å². The van der Waals surface area contributed by atoms with Gasteiger partial charge in [0.2, 0.25) is 5.91 Å². The van der Waals surface area contributed by atoms with E-state index >= 15 is 0 Å². The van der Waals surface area contributed by atoms with E-state index in [1.807, 2.05) is 44.7 Å². The van der Waals surface area contributed by atoms with E-state index in [0.717, 1.165) is 30.0 Å². The Balaban J connectivity index is 0.00000191. The van der Waals surface area contributed by atoms with Gasteiger partial charge in [-0.15, -0.1) is 0 Å². The van der Waals surface area contributed by atoms with Crippen molar-refractivity contribution >= 4 is 22.7 Å². The normalized spacial score (nSPS) is 15.1. The van der Waals surface area contributed by atoms with E-state index in [4.69, 9.17) is 4.74 Å². The van der Waals surface area contributed by atoms with Crippen LogP contribution in [-0.2, 0) is 35.0 Å². The molecule has 2 heterocycles. The van der Waals surface area contributed by atoms with Crippen molar-refractivity contribution in [3.05, 3.63) is 52.7 Å². The summed E-state index contributed by atoms with van der Waals surface area (Å²) in [5.74, 6) is 0.563. The SMILES string of the molecule is CC.CC.COc1cc(C(C)C(=O)NCc2ccc(C(F)(F)F)nc2N2CCC(C)CC2)ccc1CNS(C)=O. The number of rotatable bonds is 9. The maximum atomic E-state index is 13.3. The predicted octanol–water partition coefficient (Wildman–Crippen LogP) is 6.20. The number of amides is 1. The number of ether oxygens (including phenoxy) is 1. The van der Waals surface area contributed by atoms with E-state index < -0.39 is 28.8 Å². The lowest BCUT2D eigenvalue weighted by Gasteiger charge is -2.33. The summed E-state index contributed by atoms with van der Waals surface area (Å²) in [5, 5.41) is 2.86. The number of piperidine rings is 1. The van der Waals surface area contributed by atoms with Gasteiger partial charge in [-0.3, -0.25) is 4.79 Å². The fourth-order valence-electron chi connectivity index (χ4n) is 4.11. The molecule has 11 heteroatoms. The molecule has 7 nitrogen and oxygen atoms in total. The van der Waals surface area contributed by atoms with Crippen molar-refractivity contribution < 1.29 is 26.9 Å². The van der Waals surface area contributed by atoms with Gasteiger partial charge >= 0.3 is 6.18 Å². The number of hydrogen-bond acceptors (Lipinski definition) is 5. The zero-order valence-electron chi connectivity index (χ0n) is 24.9. The van der Waals surface area contributed by atoms with Crippen LogP contribution in [0.4, 0.5) is 19.0 Å². The van der Waals surface area contributed by atoms with Crippen LogP contribution in [0.2, 0.25) is 0 Å². The molecule has 1 aliphatic rings. The Morgan fingerprint density at radius 3 is 2.25 bits per heavy atom. The van der Waals surface area contributed by atoms with Gasteiger partial charge in [0.05, 0.1) is 24.0 Å². The number of anilines is 1. The lowest BCUT2D eigenvalue weighted by Crippen LogP contribution is -2.35. The molecule has 0 radical (unpaired) electrons. The lowest BCUT2D eigenvalue weighted by molar-refractivity contribution is -0.141. The predicted molar refractivity (Wildman–Crippen MR) is 157 cm³/mol. The van der Waals surface area contributed by atoms with E-state index in [1.54, 1.807) is 13.0 Å². The molecule has 2 aromatic rings. The van der Waals surface area contributed by atoms with E-state index in [2.05, 4.69) is 21.9 Å². The highest BCUT2D eigenvalue weighted by molar-refractivity contribution is 7.82. The summed E-state index contributed by atoms with van der Waals surface area (Å²) in [6.07, 6.45) is -1.25. The molecule has 0 saturated carbocycles. The van der Waals surface area contributed by atoms with Crippen molar-refractivity contribution in [1.29, 1.82) is 0 Å². The number of methoxy groups -OCH3 is 1. The van der Waals surface area contributed by atoms with E-state index in [-0.39, 0.29) is 18.3 Å². The summed E-state index contributed by atoms with van der Waals surface area (Å²) in [6, 6.07) is 7.74. The molecule has 226 valence electrons. The van der Waals surface area contributed by atoms with E-state index in [1.165, 1.54) is 19.4 Å². The Morgan fingerprint density at radius 1 is 1.10 bits per heavy atom. The summed E-state index contributed by atoms with van der Waals surface area (Å²) in [6.45, 7) is 13.5. The van der Waals surface area contributed by atoms with Crippen LogP contribution >= 0.6 is 0 Å². The fourth-order valence-corrected chi connectivity index (χ4v) is 4.47. The van der Waals surface area contributed by atoms with Crippen molar-refractivity contribution in [1.82, 2.24) is 15.0 Å². The molecule has 2 atom stereocenters. The monoisotopic (exact) mass is 586 g/mol. The summed E-state index contributed by atoms with van der Waals surface area (Å²) < 4.78 is 59.6. The zero-order valence-corrected chi connectivity index (χ0v) is 25.8. The molecule has 1 aromatic heterocycles. The highest BCUT2D eigenvalue weighted by atomic mass is 32.2. The fraction of sp³-hybridized carbons (Fsp3) is 0.586. The van der Waals surface area contributed by atoms with Crippen molar-refractivity contribution in [2.45, 2.75) is 79.6 Å². The first kappa shape index (κ1) is 35.4. The van der Waals surface area contributed by atoms with Crippen LogP contribution in [0.15, 0.2) is 30.3 Å². The zero-order chi connectivity index (χ0) is 30.5. The van der Waals surface area contributed by atoms with Gasteiger partial charge in [0.15, 0.2) is 0 Å². The van der Waals surface area contributed by atoms with Gasteiger partial charge < -0.3 is 15.0 Å². The number of pyridine rings is 1. The van der Waals surface area contributed by atoms with Gasteiger partial charge in [0, 0.05) is 43.6 Å². The molecule has 2 N–H and O–H groups in total. The van der Waals surface area contributed by atoms with Crippen molar-refractivity contribution in [2.24, 2.45) is 5.92 Å². The largest absolute Gasteiger partial charge is 0.496 e. The third-order valence-corrected chi connectivity index (χ3v) is 7.00. The number of alkyl halides is 3. The Morgan fingerprint density at radius 2 is 1.70 bits per heavy atom. The van der Waals surface area contributed by atoms with Gasteiger partial charge in [-0.05, 0) is 43.4 Å². The summed E-state index contributed by atoms with van der Waals surface area (Å²) in [7, 11) is 0.353. The van der Waals surface area contributed by atoms with Crippen LogP contribution in [0.5, 0.6) is 5.75 Å². The van der Waals surface area contributed by atoms with Crippen molar-refractivity contribution in [3.63, 3.8) is 0 Å². The molecule has 0 spiro atoms. The molecule has 0 bridgehead atoms. The summed E-state index contributed by atoms with van der Waals surface area (Å²) in [4.78, 5) is 18.8. The van der Waals surface area contributed by atoms with Crippen LogP contribution in [0.25, 0.3) is 0 Å². The minimum absolute atomic E-state index is 0.0666. The third-order valence-electron chi connectivity index (χ3n) is 6.45. The minimum atomic E-state index is -4.54. The maximum absolute atomic E-state index is 13.3. The Bertz CT molecular complexity index is 1090. The van der Waals surface area contributed by atoms with Crippen LogP contribution in [-0.4, -0.2) is 41.6 Å². The van der Waals surface area contributed by atoms with Crippen LogP contribution in [0.3, 0.4) is 0 Å². The van der Waals surface area contributed by atoms with Crippen molar-refractivity contribution in [3.8, 4) is 5.75 Å². The maximum Gasteiger partial charge on any atom is 0.433 e. The van der Waals surface area contributed by atoms with E-state index in [0.29, 0.717) is 36.9 Å². The van der Waals surface area contributed by atoms with Gasteiger partial charge in [-0.2, -0.15) is 13.2 Å². The number of carbonyl (C=O) groups is 1. The van der Waals surface area contributed by atoms with Gasteiger partial charge in [-0.1, -0.05) is 52.8 Å². The Labute approximate surface area is 239 Å². The molecule has 1 fully saturated rings. The lowest BCUT2D eigenvalue weighted by atomic mass is 9.98. The molecule has 1 aromatic carbocycles. The van der Waals surface area contributed by atoms with Crippen LogP contribution < -0.4 is 19.7 Å². The number of halogens is 3. The molecule has 1 amide bonds. The second-order valence-electron chi connectivity index (χ2n) is 9.13. The molecule has 3 rings (SSSR count).